The Labute approximate surface area is 169 Å². The van der Waals surface area contributed by atoms with Crippen molar-refractivity contribution >= 4 is 5.69 Å². The molecule has 1 aromatic heterocycles. The van der Waals surface area contributed by atoms with Crippen molar-refractivity contribution in [1.29, 1.82) is 0 Å². The second kappa shape index (κ2) is 8.55. The molecule has 150 valence electrons. The van der Waals surface area contributed by atoms with Gasteiger partial charge in [-0.05, 0) is 18.0 Å². The molecule has 29 heavy (non-hydrogen) atoms. The lowest BCUT2D eigenvalue weighted by molar-refractivity contribution is -0.384. The van der Waals surface area contributed by atoms with E-state index in [4.69, 9.17) is 10.2 Å². The SMILES string of the molecule is NC[C@@H]1CN(CCc2ncc(-c3cccc([N+](=O)[O-])c3)o2)C[C@H]1c1ccccc1. The molecule has 2 atom stereocenters. The third-order valence-corrected chi connectivity index (χ3v) is 5.58. The van der Waals surface area contributed by atoms with Crippen LogP contribution in [0.5, 0.6) is 0 Å². The Bertz CT molecular complexity index is 973. The number of rotatable bonds is 7. The van der Waals surface area contributed by atoms with Crippen molar-refractivity contribution in [3.8, 4) is 11.3 Å². The fourth-order valence-electron chi connectivity index (χ4n) is 4.05. The van der Waals surface area contributed by atoms with E-state index in [1.54, 1.807) is 18.3 Å². The van der Waals surface area contributed by atoms with E-state index >= 15 is 0 Å². The van der Waals surface area contributed by atoms with E-state index in [9.17, 15) is 10.1 Å². The zero-order valence-corrected chi connectivity index (χ0v) is 16.1. The molecule has 2 aromatic carbocycles. The van der Waals surface area contributed by atoms with Crippen LogP contribution in [0, 0.1) is 16.0 Å². The molecule has 7 nitrogen and oxygen atoms in total. The number of hydrogen-bond acceptors (Lipinski definition) is 6. The maximum Gasteiger partial charge on any atom is 0.270 e. The van der Waals surface area contributed by atoms with Gasteiger partial charge in [-0.1, -0.05) is 42.5 Å². The van der Waals surface area contributed by atoms with Crippen LogP contribution < -0.4 is 5.73 Å². The van der Waals surface area contributed by atoms with Gasteiger partial charge in [0.05, 0.1) is 11.1 Å². The second-order valence-corrected chi connectivity index (χ2v) is 7.45. The first-order valence-electron chi connectivity index (χ1n) is 9.81. The standard InChI is InChI=1S/C22H24N4O3/c23-12-18-14-25(15-20(18)16-5-2-1-3-6-16)10-9-22-24-13-21(29-22)17-7-4-8-19(11-17)26(27)28/h1-8,11,13,18,20H,9-10,12,14-15,23H2/t18-,20+/m1/s1. The molecule has 0 unspecified atom stereocenters. The first-order valence-corrected chi connectivity index (χ1v) is 9.81. The van der Waals surface area contributed by atoms with E-state index in [2.05, 4.69) is 34.1 Å². The van der Waals surface area contributed by atoms with Crippen molar-refractivity contribution in [1.82, 2.24) is 9.88 Å². The van der Waals surface area contributed by atoms with Gasteiger partial charge in [-0.25, -0.2) is 4.98 Å². The Morgan fingerprint density at radius 3 is 2.76 bits per heavy atom. The van der Waals surface area contributed by atoms with E-state index in [1.165, 1.54) is 17.7 Å². The number of oxazole rings is 1. The van der Waals surface area contributed by atoms with Gasteiger partial charge in [0.1, 0.15) is 0 Å². The van der Waals surface area contributed by atoms with Crippen molar-refractivity contribution in [2.24, 2.45) is 11.7 Å². The van der Waals surface area contributed by atoms with Crippen LogP contribution >= 0.6 is 0 Å². The molecule has 2 heterocycles. The summed E-state index contributed by atoms with van der Waals surface area (Å²) in [6.45, 7) is 3.46. The predicted molar refractivity (Wildman–Crippen MR) is 110 cm³/mol. The van der Waals surface area contributed by atoms with Crippen LogP contribution in [-0.4, -0.2) is 41.0 Å². The lowest BCUT2D eigenvalue weighted by Crippen LogP contribution is -2.25. The van der Waals surface area contributed by atoms with E-state index < -0.39 is 4.92 Å². The Balaban J connectivity index is 1.39. The summed E-state index contributed by atoms with van der Waals surface area (Å²) in [5.74, 6) is 2.08. The fraction of sp³-hybridized carbons (Fsp3) is 0.318. The third kappa shape index (κ3) is 4.36. The molecule has 1 saturated heterocycles. The van der Waals surface area contributed by atoms with Gasteiger partial charge in [0, 0.05) is 49.7 Å². The van der Waals surface area contributed by atoms with Crippen molar-refractivity contribution in [3.63, 3.8) is 0 Å². The molecule has 1 aliphatic heterocycles. The van der Waals surface area contributed by atoms with Gasteiger partial charge in [-0.2, -0.15) is 0 Å². The smallest absolute Gasteiger partial charge is 0.270 e. The van der Waals surface area contributed by atoms with Gasteiger partial charge >= 0.3 is 0 Å². The molecule has 1 aliphatic rings. The normalized spacial score (nSPS) is 19.5. The molecule has 2 N–H and O–H groups in total. The zero-order chi connectivity index (χ0) is 20.2. The lowest BCUT2D eigenvalue weighted by Gasteiger charge is -2.16. The van der Waals surface area contributed by atoms with Crippen LogP contribution in [0.3, 0.4) is 0 Å². The summed E-state index contributed by atoms with van der Waals surface area (Å²) in [6.07, 6.45) is 2.32. The average Bonchev–Trinajstić information content (AvgIpc) is 3.40. The van der Waals surface area contributed by atoms with Crippen molar-refractivity contribution in [2.45, 2.75) is 12.3 Å². The summed E-state index contributed by atoms with van der Waals surface area (Å²) in [5, 5.41) is 11.0. The predicted octanol–water partition coefficient (Wildman–Crippen LogP) is 3.47. The number of aromatic nitrogens is 1. The highest BCUT2D eigenvalue weighted by Gasteiger charge is 2.32. The van der Waals surface area contributed by atoms with Crippen LogP contribution in [-0.2, 0) is 6.42 Å². The summed E-state index contributed by atoms with van der Waals surface area (Å²) in [4.78, 5) is 17.3. The summed E-state index contributed by atoms with van der Waals surface area (Å²) < 4.78 is 5.84. The summed E-state index contributed by atoms with van der Waals surface area (Å²) in [6, 6.07) is 16.9. The molecule has 7 heteroatoms. The summed E-state index contributed by atoms with van der Waals surface area (Å²) in [5.41, 5.74) is 8.07. The highest BCUT2D eigenvalue weighted by molar-refractivity contribution is 5.60. The minimum Gasteiger partial charge on any atom is -0.441 e. The van der Waals surface area contributed by atoms with Crippen LogP contribution in [0.2, 0.25) is 0 Å². The molecule has 0 spiro atoms. The van der Waals surface area contributed by atoms with Gasteiger partial charge in [-0.3, -0.25) is 10.1 Å². The molecule has 4 rings (SSSR count). The Morgan fingerprint density at radius 1 is 1.17 bits per heavy atom. The van der Waals surface area contributed by atoms with E-state index in [-0.39, 0.29) is 5.69 Å². The molecular formula is C22H24N4O3. The fourth-order valence-corrected chi connectivity index (χ4v) is 4.05. The maximum absolute atomic E-state index is 11.0. The number of hydrogen-bond donors (Lipinski definition) is 1. The summed E-state index contributed by atoms with van der Waals surface area (Å²) >= 11 is 0. The highest BCUT2D eigenvalue weighted by Crippen LogP contribution is 2.32. The van der Waals surface area contributed by atoms with E-state index in [0.717, 1.165) is 19.6 Å². The molecule has 0 amide bonds. The Hall–Kier alpha value is -3.03. The molecule has 1 fully saturated rings. The number of nitro groups is 1. The minimum absolute atomic E-state index is 0.0392. The first-order chi connectivity index (χ1) is 14.1. The van der Waals surface area contributed by atoms with Crippen LogP contribution in [0.4, 0.5) is 5.69 Å². The number of likely N-dealkylation sites (tertiary alicyclic amines) is 1. The molecule has 0 bridgehead atoms. The van der Waals surface area contributed by atoms with Crippen molar-refractivity contribution < 1.29 is 9.34 Å². The third-order valence-electron chi connectivity index (χ3n) is 5.58. The van der Waals surface area contributed by atoms with Gasteiger partial charge < -0.3 is 15.1 Å². The van der Waals surface area contributed by atoms with Crippen LogP contribution in [0.15, 0.2) is 65.2 Å². The average molecular weight is 392 g/mol. The van der Waals surface area contributed by atoms with Gasteiger partial charge in [0.15, 0.2) is 11.7 Å². The quantitative estimate of drug-likeness (QED) is 0.488. The maximum atomic E-state index is 11.0. The Morgan fingerprint density at radius 2 is 2.00 bits per heavy atom. The molecule has 0 aliphatic carbocycles. The molecular weight excluding hydrogens is 368 g/mol. The zero-order valence-electron chi connectivity index (χ0n) is 16.1. The first kappa shape index (κ1) is 19.3. The van der Waals surface area contributed by atoms with Gasteiger partial charge in [-0.15, -0.1) is 0 Å². The van der Waals surface area contributed by atoms with Crippen molar-refractivity contribution in [3.05, 3.63) is 82.4 Å². The van der Waals surface area contributed by atoms with Gasteiger partial charge in [0.2, 0.25) is 0 Å². The number of non-ortho nitro benzene ring substituents is 1. The van der Waals surface area contributed by atoms with E-state index in [0.29, 0.717) is 42.0 Å². The van der Waals surface area contributed by atoms with Crippen molar-refractivity contribution in [2.75, 3.05) is 26.2 Å². The Kier molecular flexibility index (Phi) is 5.69. The lowest BCUT2D eigenvalue weighted by atomic mass is 9.89. The monoisotopic (exact) mass is 392 g/mol. The second-order valence-electron chi connectivity index (χ2n) is 7.45. The number of nitrogens with two attached hydrogens (primary N) is 1. The van der Waals surface area contributed by atoms with Gasteiger partial charge in [0.25, 0.3) is 5.69 Å². The van der Waals surface area contributed by atoms with Crippen LogP contribution in [0.25, 0.3) is 11.3 Å². The summed E-state index contributed by atoms with van der Waals surface area (Å²) in [7, 11) is 0. The minimum atomic E-state index is -0.412. The van der Waals surface area contributed by atoms with E-state index in [1.807, 2.05) is 6.07 Å². The molecule has 3 aromatic rings. The largest absolute Gasteiger partial charge is 0.441 e. The number of benzene rings is 2. The number of nitrogens with zero attached hydrogens (tertiary/aromatic N) is 3. The molecule has 0 saturated carbocycles. The number of nitro benzene ring substituents is 1. The van der Waals surface area contributed by atoms with Crippen LogP contribution in [0.1, 0.15) is 17.4 Å². The topological polar surface area (TPSA) is 98.4 Å². The molecule has 0 radical (unpaired) electrons. The highest BCUT2D eigenvalue weighted by atomic mass is 16.6.